The van der Waals surface area contributed by atoms with Crippen LogP contribution in [0.1, 0.15) is 80.6 Å². The number of halogens is 2. The number of ketones is 2. The third-order valence-electron chi connectivity index (χ3n) is 6.61. The van der Waals surface area contributed by atoms with Gasteiger partial charge < -0.3 is 9.15 Å². The number of hydrogen-bond donors (Lipinski definition) is 0. The molecule has 0 N–H and O–H groups in total. The fourth-order valence-corrected chi connectivity index (χ4v) is 5.23. The topological polar surface area (TPSA) is 73.6 Å². The quantitative estimate of drug-likeness (QED) is 0.293. The Morgan fingerprint density at radius 3 is 2.58 bits per heavy atom. The molecule has 2 aliphatic carbocycles. The van der Waals surface area contributed by atoms with E-state index in [9.17, 15) is 14.4 Å². The molecule has 0 aliphatic heterocycles. The number of furan rings is 1. The summed E-state index contributed by atoms with van der Waals surface area (Å²) >= 11 is 12.2. The second kappa shape index (κ2) is 7.57. The van der Waals surface area contributed by atoms with E-state index >= 15 is 0 Å². The zero-order chi connectivity index (χ0) is 23.7. The van der Waals surface area contributed by atoms with Crippen LogP contribution in [0.15, 0.2) is 41.0 Å². The summed E-state index contributed by atoms with van der Waals surface area (Å²) in [6.07, 6.45) is 1.98. The molecule has 3 aromatic rings. The van der Waals surface area contributed by atoms with E-state index in [0.29, 0.717) is 39.5 Å². The molecule has 0 fully saturated rings. The van der Waals surface area contributed by atoms with Crippen molar-refractivity contribution in [2.45, 2.75) is 45.1 Å². The number of aryl methyl sites for hydroxylation is 1. The number of esters is 1. The summed E-state index contributed by atoms with van der Waals surface area (Å²) in [7, 11) is 0. The molecule has 0 radical (unpaired) electrons. The molecule has 1 aromatic heterocycles. The number of rotatable bonds is 2. The van der Waals surface area contributed by atoms with Crippen LogP contribution in [0.5, 0.6) is 0 Å². The van der Waals surface area contributed by atoms with E-state index in [-0.39, 0.29) is 21.6 Å². The summed E-state index contributed by atoms with van der Waals surface area (Å²) in [6, 6.07) is 8.32. The van der Waals surface area contributed by atoms with Gasteiger partial charge in [0, 0.05) is 21.7 Å². The van der Waals surface area contributed by atoms with Crippen molar-refractivity contribution in [3.63, 3.8) is 0 Å². The smallest absolute Gasteiger partial charge is 0.340 e. The Morgan fingerprint density at radius 2 is 1.82 bits per heavy atom. The van der Waals surface area contributed by atoms with Crippen LogP contribution in [0.25, 0.3) is 11.3 Å². The lowest BCUT2D eigenvalue weighted by molar-refractivity contribution is 0.0226. The summed E-state index contributed by atoms with van der Waals surface area (Å²) < 4.78 is 11.6. The van der Waals surface area contributed by atoms with Gasteiger partial charge in [-0.05, 0) is 54.5 Å². The van der Waals surface area contributed by atoms with Gasteiger partial charge in [-0.1, -0.05) is 49.2 Å². The Bertz CT molecular complexity index is 1370. The van der Waals surface area contributed by atoms with E-state index in [0.717, 1.165) is 12.0 Å². The number of benzene rings is 2. The van der Waals surface area contributed by atoms with Crippen LogP contribution in [0, 0.1) is 6.92 Å². The van der Waals surface area contributed by atoms with Gasteiger partial charge in [0.2, 0.25) is 11.6 Å². The van der Waals surface area contributed by atoms with Crippen molar-refractivity contribution < 1.29 is 23.5 Å². The Labute approximate surface area is 200 Å². The molecule has 2 aliphatic rings. The maximum Gasteiger partial charge on any atom is 0.340 e. The Morgan fingerprint density at radius 1 is 1.09 bits per heavy atom. The number of Topliss-reactive ketones (excluding diaryl/α,β-unsaturated/α-hetero) is 2. The molecule has 168 valence electrons. The van der Waals surface area contributed by atoms with Gasteiger partial charge in [0.1, 0.15) is 11.9 Å². The molecular formula is C26H20Cl2O5. The Hall–Kier alpha value is -2.89. The lowest BCUT2D eigenvalue weighted by Crippen LogP contribution is -2.33. The van der Waals surface area contributed by atoms with Gasteiger partial charge >= 0.3 is 5.97 Å². The van der Waals surface area contributed by atoms with Crippen molar-refractivity contribution in [2.75, 3.05) is 0 Å². The zero-order valence-electron chi connectivity index (χ0n) is 18.3. The van der Waals surface area contributed by atoms with Gasteiger partial charge in [-0.15, -0.1) is 0 Å². The highest BCUT2D eigenvalue weighted by atomic mass is 35.5. The molecular weight excluding hydrogens is 463 g/mol. The summed E-state index contributed by atoms with van der Waals surface area (Å²) in [5.74, 6) is -1.48. The first-order valence-electron chi connectivity index (χ1n) is 10.6. The van der Waals surface area contributed by atoms with Crippen molar-refractivity contribution in [1.29, 1.82) is 0 Å². The van der Waals surface area contributed by atoms with E-state index in [4.69, 9.17) is 32.4 Å². The van der Waals surface area contributed by atoms with E-state index in [1.807, 2.05) is 12.1 Å². The average molecular weight is 483 g/mol. The molecule has 1 atom stereocenters. The molecule has 0 amide bonds. The number of ether oxygens (including phenoxy) is 1. The van der Waals surface area contributed by atoms with Crippen molar-refractivity contribution in [1.82, 2.24) is 0 Å². The monoisotopic (exact) mass is 482 g/mol. The first kappa shape index (κ1) is 21.9. The predicted molar refractivity (Wildman–Crippen MR) is 124 cm³/mol. The molecule has 2 aromatic carbocycles. The van der Waals surface area contributed by atoms with Gasteiger partial charge in [0.25, 0.3) is 0 Å². The minimum atomic E-state index is -0.722. The SMILES string of the molecule is Cc1coc2c1C(=O)C(=O)c1c-2ccc2c1C(OC(=O)c1cc(Cl)ccc1Cl)CCC2(C)C. The van der Waals surface area contributed by atoms with Gasteiger partial charge in [0.15, 0.2) is 0 Å². The summed E-state index contributed by atoms with van der Waals surface area (Å²) in [5.41, 5.74) is 3.01. The second-order valence-electron chi connectivity index (χ2n) is 9.17. The molecule has 0 saturated heterocycles. The molecule has 7 heteroatoms. The number of carbonyl (C=O) groups is 3. The van der Waals surface area contributed by atoms with Gasteiger partial charge in [0.05, 0.1) is 22.4 Å². The molecule has 5 rings (SSSR count). The highest BCUT2D eigenvalue weighted by molar-refractivity contribution is 6.53. The average Bonchev–Trinajstić information content (AvgIpc) is 3.16. The summed E-state index contributed by atoms with van der Waals surface area (Å²) in [4.78, 5) is 39.4. The van der Waals surface area contributed by atoms with Crippen LogP contribution in [-0.4, -0.2) is 17.5 Å². The molecule has 1 unspecified atom stereocenters. The van der Waals surface area contributed by atoms with Crippen LogP contribution in [0.4, 0.5) is 0 Å². The van der Waals surface area contributed by atoms with Crippen LogP contribution in [-0.2, 0) is 10.2 Å². The fourth-order valence-electron chi connectivity index (χ4n) is 4.87. The maximum atomic E-state index is 13.3. The predicted octanol–water partition coefficient (Wildman–Crippen LogP) is 6.91. The molecule has 5 nitrogen and oxygen atoms in total. The minimum Gasteiger partial charge on any atom is -0.463 e. The normalized spacial score (nSPS) is 18.4. The first-order valence-corrected chi connectivity index (χ1v) is 11.4. The van der Waals surface area contributed by atoms with Gasteiger partial charge in [-0.2, -0.15) is 0 Å². The van der Waals surface area contributed by atoms with Crippen molar-refractivity contribution in [3.8, 4) is 11.3 Å². The number of fused-ring (bicyclic) bond motifs is 5. The molecule has 33 heavy (non-hydrogen) atoms. The van der Waals surface area contributed by atoms with Crippen molar-refractivity contribution in [3.05, 3.63) is 80.0 Å². The lowest BCUT2D eigenvalue weighted by Gasteiger charge is -2.38. The number of hydrogen-bond acceptors (Lipinski definition) is 5. The molecule has 0 spiro atoms. The Kier molecular flexibility index (Phi) is 5.03. The first-order chi connectivity index (χ1) is 15.6. The zero-order valence-corrected chi connectivity index (χ0v) is 19.8. The van der Waals surface area contributed by atoms with Crippen LogP contribution in [0.2, 0.25) is 10.0 Å². The van der Waals surface area contributed by atoms with Crippen LogP contribution >= 0.6 is 23.2 Å². The molecule has 0 bridgehead atoms. The third-order valence-corrected chi connectivity index (χ3v) is 7.17. The highest BCUT2D eigenvalue weighted by Gasteiger charge is 2.43. The van der Waals surface area contributed by atoms with Crippen molar-refractivity contribution >= 4 is 40.7 Å². The highest BCUT2D eigenvalue weighted by Crippen LogP contribution is 2.49. The molecule has 1 heterocycles. The third kappa shape index (κ3) is 3.33. The van der Waals surface area contributed by atoms with Gasteiger partial charge in [-0.25, -0.2) is 4.79 Å². The van der Waals surface area contributed by atoms with E-state index < -0.39 is 23.6 Å². The standard InChI is InChI=1S/C26H20Cl2O5/c1-12-11-32-24-14-5-6-16-21(20(14)23(30)22(29)19(12)24)18(8-9-26(16,2)3)33-25(31)15-10-13(27)4-7-17(15)28/h4-7,10-11,18H,8-9H2,1-3H3. The van der Waals surface area contributed by atoms with Crippen LogP contribution in [0.3, 0.4) is 0 Å². The van der Waals surface area contributed by atoms with Gasteiger partial charge in [-0.3, -0.25) is 9.59 Å². The fraction of sp³-hybridized carbons (Fsp3) is 0.269. The molecule has 0 saturated carbocycles. The Balaban J connectivity index is 1.67. The summed E-state index contributed by atoms with van der Waals surface area (Å²) in [6.45, 7) is 5.88. The minimum absolute atomic E-state index is 0.145. The maximum absolute atomic E-state index is 13.3. The summed E-state index contributed by atoms with van der Waals surface area (Å²) in [5, 5.41) is 0.577. The van der Waals surface area contributed by atoms with E-state index in [1.165, 1.54) is 18.4 Å². The van der Waals surface area contributed by atoms with Crippen molar-refractivity contribution in [2.24, 2.45) is 0 Å². The largest absolute Gasteiger partial charge is 0.463 e. The second-order valence-corrected chi connectivity index (χ2v) is 10.0. The van der Waals surface area contributed by atoms with E-state index in [2.05, 4.69) is 13.8 Å². The lowest BCUT2D eigenvalue weighted by atomic mass is 9.68. The van der Waals surface area contributed by atoms with Crippen LogP contribution < -0.4 is 0 Å². The van der Waals surface area contributed by atoms with E-state index in [1.54, 1.807) is 13.0 Å². The number of carbonyl (C=O) groups excluding carboxylic acids is 3.